The summed E-state index contributed by atoms with van der Waals surface area (Å²) < 4.78 is 5.55. The fraction of sp³-hybridized carbons (Fsp3) is 0.818. The lowest BCUT2D eigenvalue weighted by molar-refractivity contribution is -0.138. The molecule has 0 heterocycles. The Hall–Kier alpha value is -1.30. The van der Waals surface area contributed by atoms with E-state index in [0.29, 0.717) is 19.3 Å². The van der Waals surface area contributed by atoms with Gasteiger partial charge in [-0.2, -0.15) is 0 Å². The Morgan fingerprint density at radius 3 is 2.65 bits per heavy atom. The second-order valence-corrected chi connectivity index (χ2v) is 4.24. The highest BCUT2D eigenvalue weighted by molar-refractivity contribution is 5.82. The van der Waals surface area contributed by atoms with Gasteiger partial charge in [0.05, 0.1) is 12.7 Å². The van der Waals surface area contributed by atoms with Crippen LogP contribution in [0.15, 0.2) is 0 Å². The molecule has 1 saturated carbocycles. The van der Waals surface area contributed by atoms with E-state index >= 15 is 0 Å². The van der Waals surface area contributed by atoms with Crippen LogP contribution in [0.25, 0.3) is 0 Å². The van der Waals surface area contributed by atoms with Gasteiger partial charge in [0.25, 0.3) is 0 Å². The van der Waals surface area contributed by atoms with E-state index in [0.717, 1.165) is 12.8 Å². The van der Waals surface area contributed by atoms with E-state index in [1.54, 1.807) is 0 Å². The van der Waals surface area contributed by atoms with Crippen LogP contribution in [0.2, 0.25) is 0 Å². The second-order valence-electron chi connectivity index (χ2n) is 4.24. The first-order valence-corrected chi connectivity index (χ1v) is 5.98. The monoisotopic (exact) mass is 244 g/mol. The molecule has 98 valence electrons. The predicted octanol–water partition coefficient (Wildman–Crippen LogP) is 0.718. The van der Waals surface area contributed by atoms with Gasteiger partial charge in [-0.3, -0.25) is 4.79 Å². The molecule has 3 N–H and O–H groups in total. The van der Waals surface area contributed by atoms with Gasteiger partial charge in [0.2, 0.25) is 0 Å². The first-order chi connectivity index (χ1) is 8.09. The van der Waals surface area contributed by atoms with Crippen molar-refractivity contribution in [1.82, 2.24) is 10.6 Å². The highest BCUT2D eigenvalue weighted by Gasteiger charge is 2.15. The van der Waals surface area contributed by atoms with Crippen molar-refractivity contribution < 1.29 is 19.4 Å². The lowest BCUT2D eigenvalue weighted by atomic mass is 10.3. The van der Waals surface area contributed by atoms with Crippen LogP contribution < -0.4 is 10.6 Å². The Bertz CT molecular complexity index is 264. The molecule has 6 heteroatoms. The number of hydrogen-bond donors (Lipinski definition) is 3. The van der Waals surface area contributed by atoms with Gasteiger partial charge >= 0.3 is 12.0 Å². The maximum atomic E-state index is 11.2. The van der Waals surface area contributed by atoms with Gasteiger partial charge < -0.3 is 20.5 Å². The van der Waals surface area contributed by atoms with E-state index in [4.69, 9.17) is 9.84 Å². The normalized spacial score (nSPS) is 17.7. The van der Waals surface area contributed by atoms with E-state index in [-0.39, 0.29) is 0 Å². The lowest BCUT2D eigenvalue weighted by Crippen LogP contribution is -2.45. The number of rotatable bonds is 6. The first kappa shape index (κ1) is 13.8. The van der Waals surface area contributed by atoms with Gasteiger partial charge in [-0.05, 0) is 19.8 Å². The Balaban J connectivity index is 2.01. The van der Waals surface area contributed by atoms with E-state index in [1.165, 1.54) is 19.8 Å². The molecule has 6 nitrogen and oxygen atoms in total. The van der Waals surface area contributed by atoms with Gasteiger partial charge in [-0.1, -0.05) is 12.8 Å². The highest BCUT2D eigenvalue weighted by Crippen LogP contribution is 2.20. The Morgan fingerprint density at radius 1 is 1.41 bits per heavy atom. The highest BCUT2D eigenvalue weighted by atomic mass is 16.5. The van der Waals surface area contributed by atoms with Crippen LogP contribution in [0, 0.1) is 0 Å². The zero-order valence-corrected chi connectivity index (χ0v) is 10.1. The van der Waals surface area contributed by atoms with Crippen molar-refractivity contribution in [1.29, 1.82) is 0 Å². The average molecular weight is 244 g/mol. The molecule has 0 spiro atoms. The largest absolute Gasteiger partial charge is 0.480 e. The van der Waals surface area contributed by atoms with E-state index < -0.39 is 18.0 Å². The summed E-state index contributed by atoms with van der Waals surface area (Å²) in [5, 5.41) is 13.4. The molecule has 0 saturated heterocycles. The van der Waals surface area contributed by atoms with E-state index in [2.05, 4.69) is 10.6 Å². The number of carbonyl (C=O) groups excluding carboxylic acids is 1. The third kappa shape index (κ3) is 5.53. The van der Waals surface area contributed by atoms with Crippen LogP contribution in [0.5, 0.6) is 0 Å². The molecule has 17 heavy (non-hydrogen) atoms. The number of nitrogens with one attached hydrogen (secondary N) is 2. The van der Waals surface area contributed by atoms with Crippen LogP contribution in [0.3, 0.4) is 0 Å². The second kappa shape index (κ2) is 7.11. The molecule has 0 aromatic carbocycles. The number of carboxylic acids is 1. The molecule has 1 aliphatic carbocycles. The molecule has 0 aromatic heterocycles. The Labute approximate surface area is 101 Å². The SMILES string of the molecule is C[C@H](NC(=O)NCCOC1CCCC1)C(=O)O. The molecule has 0 radical (unpaired) electrons. The van der Waals surface area contributed by atoms with E-state index in [9.17, 15) is 9.59 Å². The minimum atomic E-state index is -1.05. The zero-order valence-electron chi connectivity index (χ0n) is 10.1. The smallest absolute Gasteiger partial charge is 0.325 e. The quantitative estimate of drug-likeness (QED) is 0.601. The van der Waals surface area contributed by atoms with Crippen LogP contribution in [-0.2, 0) is 9.53 Å². The maximum absolute atomic E-state index is 11.2. The lowest BCUT2D eigenvalue weighted by Gasteiger charge is -2.13. The summed E-state index contributed by atoms with van der Waals surface area (Å²) in [7, 11) is 0. The molecule has 0 bridgehead atoms. The summed E-state index contributed by atoms with van der Waals surface area (Å²) in [6.45, 7) is 2.28. The molecule has 0 unspecified atom stereocenters. The van der Waals surface area contributed by atoms with E-state index in [1.807, 2.05) is 0 Å². The van der Waals surface area contributed by atoms with Crippen molar-refractivity contribution in [3.8, 4) is 0 Å². The molecule has 1 rings (SSSR count). The molecule has 1 aliphatic rings. The third-order valence-corrected chi connectivity index (χ3v) is 2.76. The van der Waals surface area contributed by atoms with Crippen LogP contribution in [0.4, 0.5) is 4.79 Å². The number of amides is 2. The fourth-order valence-corrected chi connectivity index (χ4v) is 1.75. The van der Waals surface area contributed by atoms with Crippen molar-refractivity contribution in [2.45, 2.75) is 44.8 Å². The summed E-state index contributed by atoms with van der Waals surface area (Å²) >= 11 is 0. The minimum Gasteiger partial charge on any atom is -0.480 e. The zero-order chi connectivity index (χ0) is 12.7. The van der Waals surface area contributed by atoms with Crippen LogP contribution in [-0.4, -0.2) is 42.4 Å². The summed E-state index contributed by atoms with van der Waals surface area (Å²) in [5.41, 5.74) is 0. The number of urea groups is 1. The number of aliphatic carboxylic acids is 1. The number of carbonyl (C=O) groups is 2. The van der Waals surface area contributed by atoms with Crippen molar-refractivity contribution in [3.05, 3.63) is 0 Å². The maximum Gasteiger partial charge on any atom is 0.325 e. The Kier molecular flexibility index (Phi) is 5.76. The molecule has 1 atom stereocenters. The van der Waals surface area contributed by atoms with Crippen LogP contribution >= 0.6 is 0 Å². The predicted molar refractivity (Wildman–Crippen MR) is 61.8 cm³/mol. The van der Waals surface area contributed by atoms with Gasteiger partial charge in [-0.15, -0.1) is 0 Å². The molecular weight excluding hydrogens is 224 g/mol. The molecule has 2 amide bonds. The van der Waals surface area contributed by atoms with Crippen molar-refractivity contribution in [2.75, 3.05) is 13.2 Å². The topological polar surface area (TPSA) is 87.7 Å². The standard InChI is InChI=1S/C11H20N2O4/c1-8(10(14)15)13-11(16)12-6-7-17-9-4-2-3-5-9/h8-9H,2-7H2,1H3,(H,14,15)(H2,12,13,16)/t8-/m0/s1. The molecule has 0 aromatic rings. The van der Waals surface area contributed by atoms with Gasteiger partial charge in [0, 0.05) is 6.54 Å². The van der Waals surface area contributed by atoms with Gasteiger partial charge in [0.1, 0.15) is 6.04 Å². The first-order valence-electron chi connectivity index (χ1n) is 5.98. The minimum absolute atomic E-state index is 0.331. The number of carboxylic acid groups (broad SMARTS) is 1. The van der Waals surface area contributed by atoms with Gasteiger partial charge in [-0.25, -0.2) is 4.79 Å². The van der Waals surface area contributed by atoms with Crippen LogP contribution in [0.1, 0.15) is 32.6 Å². The van der Waals surface area contributed by atoms with Gasteiger partial charge in [0.15, 0.2) is 0 Å². The van der Waals surface area contributed by atoms with Crippen molar-refractivity contribution in [3.63, 3.8) is 0 Å². The number of ether oxygens (including phenoxy) is 1. The molecule has 1 fully saturated rings. The summed E-state index contributed by atoms with van der Waals surface area (Å²) in [5.74, 6) is -1.05. The molecule has 0 aliphatic heterocycles. The van der Waals surface area contributed by atoms with Crippen molar-refractivity contribution in [2.24, 2.45) is 0 Å². The Morgan fingerprint density at radius 2 is 2.06 bits per heavy atom. The fourth-order valence-electron chi connectivity index (χ4n) is 1.75. The summed E-state index contributed by atoms with van der Waals surface area (Å²) in [6, 6.07) is -1.36. The summed E-state index contributed by atoms with van der Waals surface area (Å²) in [6.07, 6.45) is 4.96. The number of hydrogen-bond acceptors (Lipinski definition) is 3. The molecular formula is C11H20N2O4. The van der Waals surface area contributed by atoms with Crippen molar-refractivity contribution >= 4 is 12.0 Å². The third-order valence-electron chi connectivity index (χ3n) is 2.76. The summed E-state index contributed by atoms with van der Waals surface area (Å²) in [4.78, 5) is 21.7. The average Bonchev–Trinajstić information content (AvgIpc) is 2.77.